The lowest BCUT2D eigenvalue weighted by molar-refractivity contribution is -0.137. The van der Waals surface area contributed by atoms with Gasteiger partial charge in [-0.2, -0.15) is 0 Å². The molecule has 19 heavy (non-hydrogen) atoms. The summed E-state index contributed by atoms with van der Waals surface area (Å²) in [6.07, 6.45) is 2.09. The second-order valence-corrected chi connectivity index (χ2v) is 4.90. The zero-order valence-corrected chi connectivity index (χ0v) is 11.7. The minimum absolute atomic E-state index is 0.0439. The molecule has 1 N–H and O–H groups in total. The van der Waals surface area contributed by atoms with Gasteiger partial charge >= 0.3 is 5.97 Å². The summed E-state index contributed by atoms with van der Waals surface area (Å²) in [4.78, 5) is 24.7. The third kappa shape index (κ3) is 4.43. The number of carboxylic acids is 1. The molecule has 0 aromatic carbocycles. The van der Waals surface area contributed by atoms with Crippen LogP contribution < -0.4 is 0 Å². The predicted octanol–water partition coefficient (Wildman–Crippen LogP) is 2.41. The molecule has 0 bridgehead atoms. The highest BCUT2D eigenvalue weighted by Crippen LogP contribution is 2.15. The van der Waals surface area contributed by atoms with Gasteiger partial charge in [0.1, 0.15) is 5.76 Å². The van der Waals surface area contributed by atoms with Crippen LogP contribution in [0, 0.1) is 5.92 Å². The fourth-order valence-electron chi connectivity index (χ4n) is 1.92. The number of furan rings is 1. The first kappa shape index (κ1) is 15.3. The van der Waals surface area contributed by atoms with E-state index >= 15 is 0 Å². The molecule has 0 aliphatic heterocycles. The molecule has 106 valence electrons. The molecule has 0 radical (unpaired) electrons. The van der Waals surface area contributed by atoms with Gasteiger partial charge in [-0.3, -0.25) is 9.59 Å². The molecule has 0 aliphatic carbocycles. The maximum absolute atomic E-state index is 12.4. The number of aliphatic carboxylic acids is 1. The Bertz CT molecular complexity index is 436. The minimum atomic E-state index is -0.899. The van der Waals surface area contributed by atoms with Gasteiger partial charge in [-0.25, -0.2) is 0 Å². The average Bonchev–Trinajstić information content (AvgIpc) is 2.81. The van der Waals surface area contributed by atoms with Crippen LogP contribution in [0.5, 0.6) is 0 Å². The van der Waals surface area contributed by atoms with Crippen molar-refractivity contribution in [3.05, 3.63) is 23.7 Å². The van der Waals surface area contributed by atoms with Crippen LogP contribution in [0.2, 0.25) is 0 Å². The van der Waals surface area contributed by atoms with Crippen molar-refractivity contribution in [2.75, 3.05) is 13.1 Å². The highest BCUT2D eigenvalue weighted by Gasteiger charge is 2.21. The average molecular weight is 267 g/mol. The van der Waals surface area contributed by atoms with Crippen molar-refractivity contribution in [3.8, 4) is 0 Å². The molecule has 0 aliphatic rings. The van der Waals surface area contributed by atoms with Gasteiger partial charge in [0.2, 0.25) is 0 Å². The Morgan fingerprint density at radius 1 is 1.42 bits per heavy atom. The van der Waals surface area contributed by atoms with Gasteiger partial charge in [0, 0.05) is 19.5 Å². The Morgan fingerprint density at radius 2 is 2.11 bits per heavy atom. The van der Waals surface area contributed by atoms with Crippen LogP contribution in [-0.4, -0.2) is 35.0 Å². The molecule has 0 saturated carbocycles. The van der Waals surface area contributed by atoms with Crippen molar-refractivity contribution in [2.24, 2.45) is 5.92 Å². The lowest BCUT2D eigenvalue weighted by Gasteiger charge is -2.23. The van der Waals surface area contributed by atoms with Crippen LogP contribution in [0.25, 0.3) is 0 Å². The quantitative estimate of drug-likeness (QED) is 0.823. The van der Waals surface area contributed by atoms with Crippen molar-refractivity contribution in [1.29, 1.82) is 0 Å². The molecule has 5 heteroatoms. The zero-order chi connectivity index (χ0) is 14.4. The smallest absolute Gasteiger partial charge is 0.305 e. The topological polar surface area (TPSA) is 70.8 Å². The number of aryl methyl sites for hydroxylation is 1. The number of hydrogen-bond acceptors (Lipinski definition) is 3. The summed E-state index contributed by atoms with van der Waals surface area (Å²) in [5, 5.41) is 8.75. The maximum atomic E-state index is 12.4. The molecule has 0 spiro atoms. The van der Waals surface area contributed by atoms with Gasteiger partial charge in [-0.15, -0.1) is 0 Å². The van der Waals surface area contributed by atoms with Crippen LogP contribution >= 0.6 is 0 Å². The summed E-state index contributed by atoms with van der Waals surface area (Å²) in [6, 6.07) is 1.65. The zero-order valence-electron chi connectivity index (χ0n) is 11.7. The highest BCUT2D eigenvalue weighted by atomic mass is 16.4. The Labute approximate surface area is 113 Å². The normalized spacial score (nSPS) is 10.7. The number of carbonyl (C=O) groups is 2. The number of amides is 1. The van der Waals surface area contributed by atoms with Gasteiger partial charge in [-0.1, -0.05) is 20.8 Å². The summed E-state index contributed by atoms with van der Waals surface area (Å²) in [5.74, 6) is -0.117. The molecule has 1 heterocycles. The summed E-state index contributed by atoms with van der Waals surface area (Å²) in [7, 11) is 0. The first-order valence-electron chi connectivity index (χ1n) is 6.53. The molecular weight excluding hydrogens is 246 g/mol. The summed E-state index contributed by atoms with van der Waals surface area (Å²) >= 11 is 0. The molecule has 1 aromatic rings. The van der Waals surface area contributed by atoms with E-state index in [-0.39, 0.29) is 24.8 Å². The molecule has 0 atom stereocenters. The van der Waals surface area contributed by atoms with Crippen molar-refractivity contribution in [1.82, 2.24) is 4.90 Å². The number of rotatable bonds is 7. The van der Waals surface area contributed by atoms with Crippen molar-refractivity contribution >= 4 is 11.9 Å². The molecule has 1 amide bonds. The summed E-state index contributed by atoms with van der Waals surface area (Å²) < 4.78 is 5.25. The van der Waals surface area contributed by atoms with E-state index in [1.54, 1.807) is 11.0 Å². The van der Waals surface area contributed by atoms with E-state index in [2.05, 4.69) is 0 Å². The number of nitrogens with zero attached hydrogens (tertiary/aromatic N) is 1. The lowest BCUT2D eigenvalue weighted by Crippen LogP contribution is -2.36. The lowest BCUT2D eigenvalue weighted by atomic mass is 10.1. The SMILES string of the molecule is CCc1occc1C(=O)N(CCC(=O)O)CC(C)C. The van der Waals surface area contributed by atoms with E-state index in [0.29, 0.717) is 24.3 Å². The van der Waals surface area contributed by atoms with E-state index in [4.69, 9.17) is 9.52 Å². The van der Waals surface area contributed by atoms with Crippen molar-refractivity contribution in [3.63, 3.8) is 0 Å². The van der Waals surface area contributed by atoms with E-state index < -0.39 is 5.97 Å². The molecule has 1 rings (SSSR count). The van der Waals surface area contributed by atoms with Gasteiger partial charge in [0.15, 0.2) is 0 Å². The fourth-order valence-corrected chi connectivity index (χ4v) is 1.92. The predicted molar refractivity (Wildman–Crippen MR) is 71.1 cm³/mol. The van der Waals surface area contributed by atoms with Gasteiger partial charge in [0.05, 0.1) is 18.2 Å². The van der Waals surface area contributed by atoms with Crippen LogP contribution in [0.1, 0.15) is 43.3 Å². The van der Waals surface area contributed by atoms with Crippen LogP contribution in [-0.2, 0) is 11.2 Å². The van der Waals surface area contributed by atoms with Crippen molar-refractivity contribution in [2.45, 2.75) is 33.6 Å². The Morgan fingerprint density at radius 3 is 2.63 bits per heavy atom. The third-order valence-corrected chi connectivity index (χ3v) is 2.77. The van der Waals surface area contributed by atoms with Crippen LogP contribution in [0.4, 0.5) is 0 Å². The minimum Gasteiger partial charge on any atom is -0.481 e. The number of carbonyl (C=O) groups excluding carboxylic acids is 1. The van der Waals surface area contributed by atoms with E-state index in [1.165, 1.54) is 6.26 Å². The third-order valence-electron chi connectivity index (χ3n) is 2.77. The molecule has 0 unspecified atom stereocenters. The molecule has 0 fully saturated rings. The Balaban J connectivity index is 2.84. The highest BCUT2D eigenvalue weighted by molar-refractivity contribution is 5.95. The largest absolute Gasteiger partial charge is 0.481 e. The van der Waals surface area contributed by atoms with E-state index in [9.17, 15) is 9.59 Å². The van der Waals surface area contributed by atoms with Gasteiger partial charge < -0.3 is 14.4 Å². The van der Waals surface area contributed by atoms with Gasteiger partial charge in [0.25, 0.3) is 5.91 Å². The number of carboxylic acid groups (broad SMARTS) is 1. The first-order valence-corrected chi connectivity index (χ1v) is 6.53. The second kappa shape index (κ2) is 6.97. The van der Waals surface area contributed by atoms with E-state index in [0.717, 1.165) is 0 Å². The molecule has 0 saturated heterocycles. The van der Waals surface area contributed by atoms with Crippen molar-refractivity contribution < 1.29 is 19.1 Å². The molecular formula is C14H21NO4. The number of hydrogen-bond donors (Lipinski definition) is 1. The Kier molecular flexibility index (Phi) is 5.60. The van der Waals surface area contributed by atoms with Crippen LogP contribution in [0.3, 0.4) is 0 Å². The standard InChI is InChI=1S/C14H21NO4/c1-4-12-11(6-8-19-12)14(18)15(9-10(2)3)7-5-13(16)17/h6,8,10H,4-5,7,9H2,1-3H3,(H,16,17). The summed E-state index contributed by atoms with van der Waals surface area (Å²) in [6.45, 7) is 6.68. The van der Waals surface area contributed by atoms with Crippen LogP contribution in [0.15, 0.2) is 16.7 Å². The van der Waals surface area contributed by atoms with Gasteiger partial charge in [-0.05, 0) is 12.0 Å². The molecule has 5 nitrogen and oxygen atoms in total. The van der Waals surface area contributed by atoms with E-state index in [1.807, 2.05) is 20.8 Å². The second-order valence-electron chi connectivity index (χ2n) is 4.90. The first-order chi connectivity index (χ1) is 8.95. The molecule has 1 aromatic heterocycles. The Hall–Kier alpha value is -1.78. The fraction of sp³-hybridized carbons (Fsp3) is 0.571. The maximum Gasteiger partial charge on any atom is 0.305 e. The summed E-state index contributed by atoms with van der Waals surface area (Å²) in [5.41, 5.74) is 0.536. The monoisotopic (exact) mass is 267 g/mol.